The number of hydrogen-bond donors (Lipinski definition) is 1. The van der Waals surface area contributed by atoms with Crippen LogP contribution >= 0.6 is 0 Å². The summed E-state index contributed by atoms with van der Waals surface area (Å²) in [5.41, 5.74) is -1.24. The summed E-state index contributed by atoms with van der Waals surface area (Å²) in [6, 6.07) is 0.134. The van der Waals surface area contributed by atoms with Crippen LogP contribution in [0.1, 0.15) is 59.3 Å². The molecular weight excluding hydrogens is 298 g/mol. The number of methoxy groups -OCH3 is 2. The van der Waals surface area contributed by atoms with Crippen molar-refractivity contribution >= 4 is 6.09 Å². The summed E-state index contributed by atoms with van der Waals surface area (Å²) in [6.07, 6.45) is 3.80. The molecular formula is C17H31NO5. The largest absolute Gasteiger partial charge is 0.444 e. The van der Waals surface area contributed by atoms with Crippen molar-refractivity contribution in [1.29, 1.82) is 0 Å². The Morgan fingerprint density at radius 1 is 1.22 bits per heavy atom. The predicted molar refractivity (Wildman–Crippen MR) is 86.1 cm³/mol. The highest BCUT2D eigenvalue weighted by Gasteiger charge is 2.50. The standard InChI is InChI=1S/C17H31NO5/c1-16(2,3)23-15(19)18-12-6-7-13(18)11-17(20,10-12)9-8-14(21-4)22-5/h12-14,20H,6-11H2,1-5H3. The summed E-state index contributed by atoms with van der Waals surface area (Å²) in [7, 11) is 3.21. The monoisotopic (exact) mass is 329 g/mol. The average Bonchev–Trinajstić information content (AvgIpc) is 2.71. The quantitative estimate of drug-likeness (QED) is 0.786. The molecule has 0 aromatic heterocycles. The lowest BCUT2D eigenvalue weighted by molar-refractivity contribution is -0.126. The van der Waals surface area contributed by atoms with Crippen LogP contribution in [-0.2, 0) is 14.2 Å². The van der Waals surface area contributed by atoms with Gasteiger partial charge in [-0.2, -0.15) is 0 Å². The van der Waals surface area contributed by atoms with Gasteiger partial charge in [0.05, 0.1) is 5.60 Å². The number of ether oxygens (including phenoxy) is 3. The number of aliphatic hydroxyl groups is 1. The van der Waals surface area contributed by atoms with E-state index in [-0.39, 0.29) is 24.5 Å². The van der Waals surface area contributed by atoms with Crippen molar-refractivity contribution in [3.63, 3.8) is 0 Å². The first-order chi connectivity index (χ1) is 10.7. The first kappa shape index (κ1) is 18.5. The molecule has 2 aliphatic rings. The number of fused-ring (bicyclic) bond motifs is 2. The highest BCUT2D eigenvalue weighted by Crippen LogP contribution is 2.43. The van der Waals surface area contributed by atoms with E-state index in [0.29, 0.717) is 25.7 Å². The number of piperidine rings is 1. The zero-order chi connectivity index (χ0) is 17.3. The van der Waals surface area contributed by atoms with Crippen LogP contribution in [0, 0.1) is 0 Å². The van der Waals surface area contributed by atoms with E-state index in [9.17, 15) is 9.90 Å². The molecule has 0 aromatic rings. The second-order valence-electron chi connectivity index (χ2n) is 7.84. The maximum absolute atomic E-state index is 12.4. The van der Waals surface area contributed by atoms with E-state index in [1.54, 1.807) is 14.2 Å². The van der Waals surface area contributed by atoms with Crippen molar-refractivity contribution in [2.24, 2.45) is 0 Å². The van der Waals surface area contributed by atoms with Gasteiger partial charge in [0, 0.05) is 32.7 Å². The van der Waals surface area contributed by atoms with Gasteiger partial charge in [-0.15, -0.1) is 0 Å². The van der Waals surface area contributed by atoms with Crippen LogP contribution in [0.15, 0.2) is 0 Å². The minimum absolute atomic E-state index is 0.0668. The minimum atomic E-state index is -0.750. The van der Waals surface area contributed by atoms with Crippen molar-refractivity contribution < 1.29 is 24.1 Å². The van der Waals surface area contributed by atoms with Crippen molar-refractivity contribution in [3.8, 4) is 0 Å². The lowest BCUT2D eigenvalue weighted by Crippen LogP contribution is -2.54. The lowest BCUT2D eigenvalue weighted by atomic mass is 9.82. The molecule has 23 heavy (non-hydrogen) atoms. The molecule has 2 bridgehead atoms. The normalized spacial score (nSPS) is 30.8. The van der Waals surface area contributed by atoms with Crippen LogP contribution < -0.4 is 0 Å². The Morgan fingerprint density at radius 3 is 2.17 bits per heavy atom. The lowest BCUT2D eigenvalue weighted by Gasteiger charge is -2.44. The van der Waals surface area contributed by atoms with Gasteiger partial charge in [-0.1, -0.05) is 0 Å². The minimum Gasteiger partial charge on any atom is -0.444 e. The van der Waals surface area contributed by atoms with Gasteiger partial charge in [0.2, 0.25) is 0 Å². The van der Waals surface area contributed by atoms with Crippen LogP contribution in [0.3, 0.4) is 0 Å². The summed E-state index contributed by atoms with van der Waals surface area (Å²) in [5.74, 6) is 0. The number of nitrogens with zero attached hydrogens (tertiary/aromatic N) is 1. The Bertz CT molecular complexity index is 402. The molecule has 0 aliphatic carbocycles. The predicted octanol–water partition coefficient (Wildman–Crippen LogP) is 2.68. The molecule has 1 amide bonds. The van der Waals surface area contributed by atoms with Gasteiger partial charge < -0.3 is 24.2 Å². The molecule has 2 fully saturated rings. The van der Waals surface area contributed by atoms with E-state index in [1.165, 1.54) is 0 Å². The second kappa shape index (κ2) is 6.95. The van der Waals surface area contributed by atoms with Crippen molar-refractivity contribution in [1.82, 2.24) is 4.90 Å². The third-order valence-electron chi connectivity index (χ3n) is 4.83. The highest BCUT2D eigenvalue weighted by atomic mass is 16.7. The van der Waals surface area contributed by atoms with E-state index in [4.69, 9.17) is 14.2 Å². The Kier molecular flexibility index (Phi) is 5.59. The Balaban J connectivity index is 1.97. The Morgan fingerprint density at radius 2 is 1.74 bits per heavy atom. The molecule has 2 atom stereocenters. The molecule has 0 radical (unpaired) electrons. The topological polar surface area (TPSA) is 68.2 Å². The summed E-state index contributed by atoms with van der Waals surface area (Å²) in [6.45, 7) is 5.63. The third-order valence-corrected chi connectivity index (χ3v) is 4.83. The molecule has 2 saturated heterocycles. The molecule has 134 valence electrons. The fraction of sp³-hybridized carbons (Fsp3) is 0.941. The van der Waals surface area contributed by atoms with E-state index < -0.39 is 11.2 Å². The van der Waals surface area contributed by atoms with Gasteiger partial charge in [-0.3, -0.25) is 0 Å². The molecule has 1 N–H and O–H groups in total. The van der Waals surface area contributed by atoms with Gasteiger partial charge >= 0.3 is 6.09 Å². The molecule has 6 nitrogen and oxygen atoms in total. The van der Waals surface area contributed by atoms with Gasteiger partial charge in [-0.25, -0.2) is 4.79 Å². The van der Waals surface area contributed by atoms with Gasteiger partial charge in [0.1, 0.15) is 5.60 Å². The SMILES string of the molecule is COC(CCC1(O)CC2CCC(C1)N2C(=O)OC(C)(C)C)OC. The Hall–Kier alpha value is -0.850. The average molecular weight is 329 g/mol. The first-order valence-electron chi connectivity index (χ1n) is 8.47. The summed E-state index contributed by atoms with van der Waals surface area (Å²) in [4.78, 5) is 14.3. The van der Waals surface area contributed by atoms with Crippen molar-refractivity contribution in [3.05, 3.63) is 0 Å². The van der Waals surface area contributed by atoms with Crippen LogP contribution in [0.4, 0.5) is 4.79 Å². The van der Waals surface area contributed by atoms with E-state index in [0.717, 1.165) is 12.8 Å². The highest BCUT2D eigenvalue weighted by molar-refractivity contribution is 5.69. The number of carbonyl (C=O) groups is 1. The molecule has 0 saturated carbocycles. The molecule has 2 rings (SSSR count). The zero-order valence-electron chi connectivity index (χ0n) is 15.0. The molecule has 2 unspecified atom stereocenters. The number of hydrogen-bond acceptors (Lipinski definition) is 5. The summed E-state index contributed by atoms with van der Waals surface area (Å²) >= 11 is 0. The molecule has 2 heterocycles. The first-order valence-corrected chi connectivity index (χ1v) is 8.47. The maximum atomic E-state index is 12.4. The van der Waals surface area contributed by atoms with Gasteiger partial charge in [-0.05, 0) is 52.9 Å². The van der Waals surface area contributed by atoms with Crippen LogP contribution in [0.2, 0.25) is 0 Å². The summed E-state index contributed by atoms with van der Waals surface area (Å²) < 4.78 is 15.9. The van der Waals surface area contributed by atoms with E-state index in [2.05, 4.69) is 0 Å². The fourth-order valence-corrected chi connectivity index (χ4v) is 3.86. The summed E-state index contributed by atoms with van der Waals surface area (Å²) in [5, 5.41) is 10.9. The zero-order valence-corrected chi connectivity index (χ0v) is 15.0. The van der Waals surface area contributed by atoms with Crippen LogP contribution in [0.5, 0.6) is 0 Å². The third kappa shape index (κ3) is 4.58. The Labute approximate surface area is 139 Å². The smallest absolute Gasteiger partial charge is 0.410 e. The number of amides is 1. The fourth-order valence-electron chi connectivity index (χ4n) is 3.86. The van der Waals surface area contributed by atoms with Gasteiger partial charge in [0.25, 0.3) is 0 Å². The van der Waals surface area contributed by atoms with Gasteiger partial charge in [0.15, 0.2) is 6.29 Å². The molecule has 6 heteroatoms. The molecule has 2 aliphatic heterocycles. The van der Waals surface area contributed by atoms with Crippen molar-refractivity contribution in [2.75, 3.05) is 14.2 Å². The number of carbonyl (C=O) groups excluding carboxylic acids is 1. The van der Waals surface area contributed by atoms with E-state index in [1.807, 2.05) is 25.7 Å². The number of rotatable bonds is 5. The molecule has 0 spiro atoms. The van der Waals surface area contributed by atoms with Crippen LogP contribution in [-0.4, -0.2) is 59.9 Å². The van der Waals surface area contributed by atoms with Crippen LogP contribution in [0.25, 0.3) is 0 Å². The maximum Gasteiger partial charge on any atom is 0.410 e. The van der Waals surface area contributed by atoms with Crippen molar-refractivity contribution in [2.45, 2.75) is 88.9 Å². The van der Waals surface area contributed by atoms with E-state index >= 15 is 0 Å². The molecule has 0 aromatic carbocycles. The second-order valence-corrected chi connectivity index (χ2v) is 7.84.